The second-order valence-electron chi connectivity index (χ2n) is 3.80. The van der Waals surface area contributed by atoms with Gasteiger partial charge in [0.25, 0.3) is 5.56 Å². The van der Waals surface area contributed by atoms with Crippen LogP contribution in [0.15, 0.2) is 4.79 Å². The Labute approximate surface area is 102 Å². The third kappa shape index (κ3) is 2.70. The summed E-state index contributed by atoms with van der Waals surface area (Å²) in [7, 11) is 0. The summed E-state index contributed by atoms with van der Waals surface area (Å²) < 4.78 is 4.61. The van der Waals surface area contributed by atoms with Crippen LogP contribution in [-0.2, 0) is 4.74 Å². The average molecular weight is 257 g/mol. The van der Waals surface area contributed by atoms with E-state index in [1.54, 1.807) is 0 Å². The number of nitrogens with two attached hydrogens (primary N) is 1. The molecule has 3 rings (SSSR count). The Bertz CT molecular complexity index is 473. The van der Waals surface area contributed by atoms with Gasteiger partial charge in [-0.1, -0.05) is 0 Å². The molecule has 0 aromatic carbocycles. The maximum atomic E-state index is 11.2. The van der Waals surface area contributed by atoms with Crippen LogP contribution in [0.5, 0.6) is 0 Å². The molecule has 100 valence electrons. The molecule has 1 unspecified atom stereocenters. The number of aromatic nitrogens is 2. The Morgan fingerprint density at radius 2 is 2.28 bits per heavy atom. The average Bonchev–Trinajstić information content (AvgIpc) is 3.10. The number of hydrogen-bond donors (Lipinski definition) is 5. The van der Waals surface area contributed by atoms with E-state index in [0.29, 0.717) is 18.2 Å². The van der Waals surface area contributed by atoms with Crippen molar-refractivity contribution in [2.75, 3.05) is 42.6 Å². The highest BCUT2D eigenvalue weighted by Gasteiger charge is 2.22. The van der Waals surface area contributed by atoms with E-state index < -0.39 is 0 Å². The lowest BCUT2D eigenvalue weighted by molar-refractivity contribution is 0.244. The Hall–Kier alpha value is -1.84. The summed E-state index contributed by atoms with van der Waals surface area (Å²) in [6, 6.07) is 0. The summed E-state index contributed by atoms with van der Waals surface area (Å²) in [5.74, 6) is 0.439. The van der Waals surface area contributed by atoms with Gasteiger partial charge in [-0.3, -0.25) is 9.78 Å². The summed E-state index contributed by atoms with van der Waals surface area (Å²) in [6.45, 7) is 1.12. The summed E-state index contributed by atoms with van der Waals surface area (Å²) in [4.78, 5) is 19.0. The molecule has 1 atom stereocenters. The molecule has 3 heterocycles. The predicted molar refractivity (Wildman–Crippen MR) is 64.2 cm³/mol. The minimum Gasteiger partial charge on any atom is -0.394 e. The molecule has 0 bridgehead atoms. The molecule has 1 saturated heterocycles. The van der Waals surface area contributed by atoms with Crippen molar-refractivity contribution >= 4 is 17.5 Å². The predicted octanol–water partition coefficient (Wildman–Crippen LogP) is -2.13. The number of hydrogen-bond acceptors (Lipinski definition) is 8. The number of epoxide rings is 1. The zero-order valence-corrected chi connectivity index (χ0v) is 9.59. The topological polar surface area (TPSA) is 140 Å². The number of fused-ring (bicyclic) bond motifs is 1. The fourth-order valence-electron chi connectivity index (χ4n) is 1.41. The van der Waals surface area contributed by atoms with Gasteiger partial charge in [0, 0.05) is 0 Å². The number of H-pyrrole nitrogens is 1. The van der Waals surface area contributed by atoms with Crippen molar-refractivity contribution in [1.29, 1.82) is 0 Å². The number of nitrogen functional groups attached to an aromatic ring is 1. The van der Waals surface area contributed by atoms with Crippen LogP contribution in [0.25, 0.3) is 0 Å². The maximum Gasteiger partial charge on any atom is 0.277 e. The Balaban J connectivity index is 0.000000202. The van der Waals surface area contributed by atoms with E-state index in [0.717, 1.165) is 6.61 Å². The largest absolute Gasteiger partial charge is 0.394 e. The second-order valence-corrected chi connectivity index (χ2v) is 3.80. The van der Waals surface area contributed by atoms with Gasteiger partial charge in [0.15, 0.2) is 5.82 Å². The van der Waals surface area contributed by atoms with Crippen LogP contribution in [0.4, 0.5) is 17.5 Å². The van der Waals surface area contributed by atoms with E-state index in [9.17, 15) is 4.79 Å². The Kier molecular flexibility index (Phi) is 3.65. The number of rotatable bonds is 2. The summed E-state index contributed by atoms with van der Waals surface area (Å²) >= 11 is 0. The lowest BCUT2D eigenvalue weighted by Crippen LogP contribution is -2.24. The van der Waals surface area contributed by atoms with Gasteiger partial charge < -0.3 is 30.9 Å². The van der Waals surface area contributed by atoms with Crippen molar-refractivity contribution in [3.05, 3.63) is 10.4 Å². The van der Waals surface area contributed by atoms with Crippen LogP contribution in [0.2, 0.25) is 0 Å². The molecule has 2 aliphatic heterocycles. The number of aliphatic hydroxyl groups excluding tert-OH is 2. The minimum atomic E-state index is -0.321. The molecule has 0 spiro atoms. The van der Waals surface area contributed by atoms with Crippen molar-refractivity contribution in [3.63, 3.8) is 0 Å². The van der Waals surface area contributed by atoms with Gasteiger partial charge in [0.1, 0.15) is 18.5 Å². The highest BCUT2D eigenvalue weighted by molar-refractivity contribution is 5.70. The van der Waals surface area contributed by atoms with Crippen LogP contribution in [0.3, 0.4) is 0 Å². The fourth-order valence-corrected chi connectivity index (χ4v) is 1.41. The number of nitrogens with one attached hydrogen (secondary N) is 2. The highest BCUT2D eigenvalue weighted by atomic mass is 16.6. The van der Waals surface area contributed by atoms with Gasteiger partial charge in [-0.05, 0) is 0 Å². The summed E-state index contributed by atoms with van der Waals surface area (Å²) in [5.41, 5.74) is 5.38. The molecular weight excluding hydrogens is 242 g/mol. The molecule has 1 aromatic heterocycles. The normalized spacial score (nSPS) is 19.7. The van der Waals surface area contributed by atoms with Gasteiger partial charge in [0.2, 0.25) is 5.95 Å². The molecule has 1 fully saturated rings. The summed E-state index contributed by atoms with van der Waals surface area (Å²) in [6.07, 6.45) is 0.190. The molecule has 6 N–H and O–H groups in total. The number of anilines is 3. The Morgan fingerprint density at radius 1 is 1.56 bits per heavy atom. The van der Waals surface area contributed by atoms with Crippen LogP contribution >= 0.6 is 0 Å². The van der Waals surface area contributed by atoms with Gasteiger partial charge in [-0.15, -0.1) is 0 Å². The van der Waals surface area contributed by atoms with E-state index in [1.807, 2.05) is 0 Å². The molecule has 1 aromatic rings. The zero-order valence-electron chi connectivity index (χ0n) is 9.59. The van der Waals surface area contributed by atoms with Gasteiger partial charge >= 0.3 is 0 Å². The molecule has 18 heavy (non-hydrogen) atoms. The molecule has 9 nitrogen and oxygen atoms in total. The third-order valence-electron chi connectivity index (χ3n) is 2.44. The van der Waals surface area contributed by atoms with Crippen molar-refractivity contribution in [3.8, 4) is 0 Å². The molecule has 9 heteroatoms. The van der Waals surface area contributed by atoms with Gasteiger partial charge in [-0.25, -0.2) is 0 Å². The van der Waals surface area contributed by atoms with E-state index in [4.69, 9.17) is 15.9 Å². The molecule has 0 amide bonds. The van der Waals surface area contributed by atoms with Crippen molar-refractivity contribution in [1.82, 2.24) is 9.97 Å². The SMILES string of the molecule is Nc1nc2c(c(=O)[nH]1)NCN2CO.OCC1CO1. The van der Waals surface area contributed by atoms with E-state index >= 15 is 0 Å². The maximum absolute atomic E-state index is 11.2. The number of aliphatic hydroxyl groups is 2. The van der Waals surface area contributed by atoms with E-state index in [1.165, 1.54) is 4.90 Å². The molecular formula is C9H15N5O4. The monoisotopic (exact) mass is 257 g/mol. The molecule has 0 radical (unpaired) electrons. The fraction of sp³-hybridized carbons (Fsp3) is 0.556. The van der Waals surface area contributed by atoms with Crippen molar-refractivity contribution in [2.24, 2.45) is 0 Å². The zero-order chi connectivity index (χ0) is 13.1. The lowest BCUT2D eigenvalue weighted by Gasteiger charge is -2.11. The van der Waals surface area contributed by atoms with E-state index in [2.05, 4.69) is 20.0 Å². The van der Waals surface area contributed by atoms with Crippen LogP contribution in [0, 0.1) is 0 Å². The molecule has 0 aliphatic carbocycles. The number of aromatic amines is 1. The molecule has 2 aliphatic rings. The third-order valence-corrected chi connectivity index (χ3v) is 2.44. The molecule has 0 saturated carbocycles. The lowest BCUT2D eigenvalue weighted by atomic mass is 10.5. The highest BCUT2D eigenvalue weighted by Crippen LogP contribution is 2.24. The van der Waals surface area contributed by atoms with Crippen LogP contribution < -0.4 is 21.5 Å². The van der Waals surface area contributed by atoms with E-state index in [-0.39, 0.29) is 30.9 Å². The van der Waals surface area contributed by atoms with Crippen molar-refractivity contribution in [2.45, 2.75) is 6.10 Å². The van der Waals surface area contributed by atoms with Gasteiger partial charge in [0.05, 0.1) is 19.9 Å². The van der Waals surface area contributed by atoms with Crippen molar-refractivity contribution < 1.29 is 14.9 Å². The first-order chi connectivity index (χ1) is 8.65. The summed E-state index contributed by atoms with van der Waals surface area (Å²) in [5, 5.41) is 19.8. The minimum absolute atomic E-state index is 0.0471. The van der Waals surface area contributed by atoms with Crippen LogP contribution in [0.1, 0.15) is 0 Å². The Morgan fingerprint density at radius 3 is 2.78 bits per heavy atom. The smallest absolute Gasteiger partial charge is 0.277 e. The number of ether oxygens (including phenoxy) is 1. The second kappa shape index (κ2) is 5.21. The first kappa shape index (κ1) is 12.6. The standard InChI is InChI=1S/C6H9N5O2.C3H6O2/c7-6-9-4-3(5(13)10-6)8-1-11(4)2-12;4-1-3-2-5-3/h8,12H,1-2H2,(H3,7,9,10,13);3-4H,1-2H2. The first-order valence-corrected chi connectivity index (χ1v) is 5.37. The quantitative estimate of drug-likeness (QED) is 0.378. The van der Waals surface area contributed by atoms with Gasteiger partial charge in [-0.2, -0.15) is 4.98 Å². The van der Waals surface area contributed by atoms with Crippen LogP contribution in [-0.4, -0.2) is 52.9 Å². The first-order valence-electron chi connectivity index (χ1n) is 5.37. The number of nitrogens with zero attached hydrogens (tertiary/aromatic N) is 2.